The van der Waals surface area contributed by atoms with Gasteiger partial charge in [0.25, 0.3) is 0 Å². The van der Waals surface area contributed by atoms with Crippen LogP contribution in [0, 0.1) is 5.92 Å². The molecule has 0 aliphatic carbocycles. The SMILES string of the molecule is CCC(=O)N[C@H](c1nnc(S(C)(=O)=O)o1)[C@H](C)CC. The van der Waals surface area contributed by atoms with Gasteiger partial charge < -0.3 is 9.73 Å². The minimum absolute atomic E-state index is 0.0587. The van der Waals surface area contributed by atoms with Gasteiger partial charge in [-0.05, 0) is 5.92 Å². The Kier molecular flexibility index (Phi) is 5.04. The van der Waals surface area contributed by atoms with Gasteiger partial charge in [-0.15, -0.1) is 5.10 Å². The molecule has 1 N–H and O–H groups in total. The van der Waals surface area contributed by atoms with Crippen molar-refractivity contribution in [2.45, 2.75) is 44.9 Å². The second-order valence-electron chi connectivity index (χ2n) is 4.46. The van der Waals surface area contributed by atoms with E-state index in [-0.39, 0.29) is 17.7 Å². The van der Waals surface area contributed by atoms with Crippen molar-refractivity contribution >= 4 is 15.7 Å². The van der Waals surface area contributed by atoms with E-state index in [2.05, 4.69) is 15.5 Å². The zero-order chi connectivity index (χ0) is 14.6. The topological polar surface area (TPSA) is 102 Å². The van der Waals surface area contributed by atoms with E-state index in [9.17, 15) is 13.2 Å². The Morgan fingerprint density at radius 2 is 2.00 bits per heavy atom. The van der Waals surface area contributed by atoms with Crippen molar-refractivity contribution in [3.63, 3.8) is 0 Å². The highest BCUT2D eigenvalue weighted by Gasteiger charge is 2.27. The lowest BCUT2D eigenvalue weighted by Crippen LogP contribution is -2.32. The van der Waals surface area contributed by atoms with Gasteiger partial charge in [0.1, 0.15) is 6.04 Å². The van der Waals surface area contributed by atoms with Crippen molar-refractivity contribution < 1.29 is 17.6 Å². The number of carbonyl (C=O) groups excluding carboxylic acids is 1. The van der Waals surface area contributed by atoms with E-state index in [0.717, 1.165) is 12.7 Å². The predicted octanol–water partition coefficient (Wildman–Crippen LogP) is 1.09. The summed E-state index contributed by atoms with van der Waals surface area (Å²) >= 11 is 0. The Morgan fingerprint density at radius 1 is 1.37 bits per heavy atom. The third kappa shape index (κ3) is 4.02. The van der Waals surface area contributed by atoms with Crippen LogP contribution in [-0.2, 0) is 14.6 Å². The first-order valence-electron chi connectivity index (χ1n) is 6.12. The van der Waals surface area contributed by atoms with Crippen molar-refractivity contribution in [1.82, 2.24) is 15.5 Å². The van der Waals surface area contributed by atoms with Crippen LogP contribution in [0.2, 0.25) is 0 Å². The molecule has 1 amide bonds. The van der Waals surface area contributed by atoms with E-state index in [0.29, 0.717) is 6.42 Å². The maximum absolute atomic E-state index is 11.5. The van der Waals surface area contributed by atoms with Crippen LogP contribution in [0.1, 0.15) is 45.5 Å². The van der Waals surface area contributed by atoms with Gasteiger partial charge in [0.15, 0.2) is 0 Å². The molecular weight excluding hydrogens is 270 g/mol. The van der Waals surface area contributed by atoms with Crippen LogP contribution in [0.4, 0.5) is 0 Å². The smallest absolute Gasteiger partial charge is 0.335 e. The van der Waals surface area contributed by atoms with E-state index in [1.54, 1.807) is 6.92 Å². The van der Waals surface area contributed by atoms with Crippen molar-refractivity contribution in [1.29, 1.82) is 0 Å². The molecule has 7 nitrogen and oxygen atoms in total. The number of rotatable bonds is 6. The number of amides is 1. The van der Waals surface area contributed by atoms with Crippen LogP contribution in [0.25, 0.3) is 0 Å². The van der Waals surface area contributed by atoms with Crippen LogP contribution < -0.4 is 5.32 Å². The summed E-state index contributed by atoms with van der Waals surface area (Å²) in [5, 5.41) is 9.57. The highest BCUT2D eigenvalue weighted by atomic mass is 32.2. The third-order valence-corrected chi connectivity index (χ3v) is 3.66. The molecule has 1 aromatic rings. The highest BCUT2D eigenvalue weighted by Crippen LogP contribution is 2.24. The van der Waals surface area contributed by atoms with E-state index in [4.69, 9.17) is 4.42 Å². The first-order chi connectivity index (χ1) is 8.79. The highest BCUT2D eigenvalue weighted by molar-refractivity contribution is 7.90. The molecule has 0 bridgehead atoms. The second-order valence-corrected chi connectivity index (χ2v) is 6.36. The molecule has 0 aliphatic heterocycles. The average molecular weight is 289 g/mol. The molecule has 0 aliphatic rings. The Bertz CT molecular complexity index is 538. The van der Waals surface area contributed by atoms with Crippen LogP contribution in [0.5, 0.6) is 0 Å². The lowest BCUT2D eigenvalue weighted by Gasteiger charge is -2.20. The summed E-state index contributed by atoms with van der Waals surface area (Å²) in [5.74, 6) is 0.0318. The molecule has 2 atom stereocenters. The number of sulfone groups is 1. The fourth-order valence-corrected chi connectivity index (χ4v) is 1.88. The number of aromatic nitrogens is 2. The third-order valence-electron chi connectivity index (χ3n) is 2.86. The summed E-state index contributed by atoms with van der Waals surface area (Å²) in [5.41, 5.74) is 0. The maximum Gasteiger partial charge on any atom is 0.335 e. The molecular formula is C11H19N3O4S. The van der Waals surface area contributed by atoms with E-state index < -0.39 is 21.1 Å². The lowest BCUT2D eigenvalue weighted by molar-refractivity contribution is -0.122. The summed E-state index contributed by atoms with van der Waals surface area (Å²) in [6.07, 6.45) is 2.11. The number of carbonyl (C=O) groups is 1. The largest absolute Gasteiger partial charge is 0.410 e. The molecule has 1 heterocycles. The second kappa shape index (κ2) is 6.14. The molecule has 0 saturated carbocycles. The van der Waals surface area contributed by atoms with Gasteiger partial charge in [-0.2, -0.15) is 0 Å². The quantitative estimate of drug-likeness (QED) is 0.841. The normalized spacial score (nSPS) is 14.9. The average Bonchev–Trinajstić information content (AvgIpc) is 2.83. The summed E-state index contributed by atoms with van der Waals surface area (Å²) in [6, 6.07) is -0.472. The molecule has 0 spiro atoms. The van der Waals surface area contributed by atoms with Gasteiger partial charge in [-0.1, -0.05) is 32.3 Å². The minimum atomic E-state index is -3.53. The number of hydrogen-bond donors (Lipinski definition) is 1. The Morgan fingerprint density at radius 3 is 2.42 bits per heavy atom. The lowest BCUT2D eigenvalue weighted by atomic mass is 9.99. The standard InChI is InChI=1S/C11H19N3O4S/c1-5-7(3)9(12-8(15)6-2)10-13-14-11(18-10)19(4,16)17/h7,9H,5-6H2,1-4H3,(H,12,15)/t7-,9+/m1/s1. The molecule has 0 aromatic carbocycles. The van der Waals surface area contributed by atoms with E-state index >= 15 is 0 Å². The molecule has 19 heavy (non-hydrogen) atoms. The summed E-state index contributed by atoms with van der Waals surface area (Å²) < 4.78 is 27.8. The van der Waals surface area contributed by atoms with Gasteiger partial charge in [0.2, 0.25) is 21.6 Å². The zero-order valence-corrected chi connectivity index (χ0v) is 12.3. The molecule has 0 saturated heterocycles. The molecule has 0 radical (unpaired) electrons. The summed E-state index contributed by atoms with van der Waals surface area (Å²) in [6.45, 7) is 5.62. The minimum Gasteiger partial charge on any atom is -0.410 e. The predicted molar refractivity (Wildman–Crippen MR) is 68.0 cm³/mol. The van der Waals surface area contributed by atoms with Crippen molar-refractivity contribution in [2.24, 2.45) is 5.92 Å². The first-order valence-corrected chi connectivity index (χ1v) is 8.01. The summed E-state index contributed by atoms with van der Waals surface area (Å²) in [4.78, 5) is 11.5. The molecule has 0 unspecified atom stereocenters. The van der Waals surface area contributed by atoms with Crippen molar-refractivity contribution in [3.05, 3.63) is 5.89 Å². The fraction of sp³-hybridized carbons (Fsp3) is 0.727. The molecule has 1 rings (SSSR count). The van der Waals surface area contributed by atoms with Crippen molar-refractivity contribution in [3.8, 4) is 0 Å². The molecule has 8 heteroatoms. The Labute approximate surface area is 112 Å². The van der Waals surface area contributed by atoms with Crippen LogP contribution >= 0.6 is 0 Å². The number of hydrogen-bond acceptors (Lipinski definition) is 6. The monoisotopic (exact) mass is 289 g/mol. The van der Waals surface area contributed by atoms with Gasteiger partial charge in [-0.3, -0.25) is 4.79 Å². The Balaban J connectivity index is 3.04. The molecule has 0 fully saturated rings. The summed E-state index contributed by atoms with van der Waals surface area (Å²) in [7, 11) is -3.53. The van der Waals surface area contributed by atoms with Crippen LogP contribution in [0.3, 0.4) is 0 Å². The maximum atomic E-state index is 11.5. The zero-order valence-electron chi connectivity index (χ0n) is 11.5. The van der Waals surface area contributed by atoms with E-state index in [1.165, 1.54) is 0 Å². The fourth-order valence-electron chi connectivity index (χ4n) is 1.45. The van der Waals surface area contributed by atoms with Crippen molar-refractivity contribution in [2.75, 3.05) is 6.26 Å². The number of nitrogens with zero attached hydrogens (tertiary/aromatic N) is 2. The van der Waals surface area contributed by atoms with Gasteiger partial charge in [0, 0.05) is 12.7 Å². The van der Waals surface area contributed by atoms with Gasteiger partial charge in [0.05, 0.1) is 0 Å². The first kappa shape index (κ1) is 15.6. The van der Waals surface area contributed by atoms with E-state index in [1.807, 2.05) is 13.8 Å². The molecule has 1 aromatic heterocycles. The van der Waals surface area contributed by atoms with Gasteiger partial charge in [-0.25, -0.2) is 8.42 Å². The van der Waals surface area contributed by atoms with Gasteiger partial charge >= 0.3 is 5.22 Å². The Hall–Kier alpha value is -1.44. The molecule has 108 valence electrons. The number of nitrogens with one attached hydrogen (secondary N) is 1. The van der Waals surface area contributed by atoms with Crippen LogP contribution in [-0.4, -0.2) is 30.8 Å². The van der Waals surface area contributed by atoms with Crippen LogP contribution in [0.15, 0.2) is 9.64 Å².